The minimum absolute atomic E-state index is 0.0110. The Balaban J connectivity index is 1.49. The van der Waals surface area contributed by atoms with Crippen LogP contribution in [0.5, 0.6) is 11.6 Å². The monoisotopic (exact) mass is 507 g/mol. The summed E-state index contributed by atoms with van der Waals surface area (Å²) in [6, 6.07) is 6.25. The zero-order valence-electron chi connectivity index (χ0n) is 19.0. The van der Waals surface area contributed by atoms with Crippen LogP contribution in [0.3, 0.4) is 0 Å². The van der Waals surface area contributed by atoms with Crippen molar-refractivity contribution in [3.63, 3.8) is 0 Å². The fourth-order valence-electron chi connectivity index (χ4n) is 3.55. The second-order valence-electron chi connectivity index (χ2n) is 7.66. The Morgan fingerprint density at radius 3 is 2.76 bits per heavy atom. The van der Waals surface area contributed by atoms with Crippen molar-refractivity contribution in [3.8, 4) is 11.6 Å². The minimum atomic E-state index is -3.82. The van der Waals surface area contributed by atoms with E-state index in [-0.39, 0.29) is 25.9 Å². The Kier molecular flexibility index (Phi) is 7.59. The maximum atomic E-state index is 15.0. The molecule has 2 aromatic heterocycles. The van der Waals surface area contributed by atoms with Crippen LogP contribution >= 0.6 is 11.3 Å². The van der Waals surface area contributed by atoms with E-state index in [2.05, 4.69) is 25.2 Å². The molecule has 1 N–H and O–H groups in total. The summed E-state index contributed by atoms with van der Waals surface area (Å²) in [7, 11) is -3.82. The van der Waals surface area contributed by atoms with Crippen molar-refractivity contribution in [1.29, 1.82) is 0 Å². The largest absolute Gasteiger partial charge is 0.494 e. The number of rotatable bonds is 10. The Bertz CT molecular complexity index is 1250. The molecule has 0 unspecified atom stereocenters. The molecule has 0 spiro atoms. The predicted molar refractivity (Wildman–Crippen MR) is 126 cm³/mol. The van der Waals surface area contributed by atoms with E-state index < -0.39 is 15.7 Å². The van der Waals surface area contributed by atoms with E-state index in [0.29, 0.717) is 31.3 Å². The Labute approximate surface area is 201 Å². The van der Waals surface area contributed by atoms with Gasteiger partial charge in [0.05, 0.1) is 17.7 Å². The lowest BCUT2D eigenvalue weighted by Crippen LogP contribution is -2.25. The number of hydrogen-bond acceptors (Lipinski definition) is 10. The highest BCUT2D eigenvalue weighted by molar-refractivity contribution is 7.93. The summed E-state index contributed by atoms with van der Waals surface area (Å²) in [5, 5.41) is 2.94. The summed E-state index contributed by atoms with van der Waals surface area (Å²) in [6.07, 6.45) is 3.56. The van der Waals surface area contributed by atoms with Crippen molar-refractivity contribution in [2.75, 3.05) is 38.2 Å². The molecule has 3 aromatic rings. The van der Waals surface area contributed by atoms with E-state index >= 15 is 0 Å². The van der Waals surface area contributed by atoms with E-state index in [1.54, 1.807) is 19.1 Å². The van der Waals surface area contributed by atoms with Crippen LogP contribution in [0.2, 0.25) is 0 Å². The summed E-state index contributed by atoms with van der Waals surface area (Å²) in [4.78, 5) is 14.6. The van der Waals surface area contributed by atoms with Crippen LogP contribution < -0.4 is 14.8 Å². The third-order valence-corrected chi connectivity index (χ3v) is 8.30. The molecule has 9 nitrogen and oxygen atoms in total. The number of thiazole rings is 1. The maximum absolute atomic E-state index is 15.0. The predicted octanol–water partition coefficient (Wildman–Crippen LogP) is 3.83. The Hall–Kier alpha value is -2.83. The highest BCUT2D eigenvalue weighted by Gasteiger charge is 2.23. The molecule has 1 aliphatic rings. The standard InChI is InChI=1S/C22H26FN5O4S2/c1-3-31-16-7-6-8-17(13-16)34(29,30)18-14-24-22(33-18)27-20-19(23)21(26-15(2)25-20)32-12-11-28-9-4-5-10-28/h6-8,13-14H,3-5,9-12H2,1-2H3,(H,24,25,26,27). The van der Waals surface area contributed by atoms with Gasteiger partial charge in [0.15, 0.2) is 10.9 Å². The van der Waals surface area contributed by atoms with Gasteiger partial charge in [-0.25, -0.2) is 18.4 Å². The molecule has 182 valence electrons. The second kappa shape index (κ2) is 10.6. The molecule has 34 heavy (non-hydrogen) atoms. The van der Waals surface area contributed by atoms with Gasteiger partial charge in [0.2, 0.25) is 15.7 Å². The van der Waals surface area contributed by atoms with Gasteiger partial charge in [-0.2, -0.15) is 9.37 Å². The second-order valence-corrected chi connectivity index (χ2v) is 10.9. The zero-order chi connectivity index (χ0) is 24.1. The molecular weight excluding hydrogens is 481 g/mol. The van der Waals surface area contributed by atoms with Gasteiger partial charge < -0.3 is 14.8 Å². The van der Waals surface area contributed by atoms with Crippen molar-refractivity contribution in [3.05, 3.63) is 42.1 Å². The molecular formula is C22H26FN5O4S2. The van der Waals surface area contributed by atoms with Gasteiger partial charge in [0.1, 0.15) is 22.4 Å². The molecule has 3 heterocycles. The number of hydrogen-bond donors (Lipinski definition) is 1. The molecule has 1 aliphatic heterocycles. The van der Waals surface area contributed by atoms with E-state index in [9.17, 15) is 12.8 Å². The van der Waals surface area contributed by atoms with Gasteiger partial charge in [-0.1, -0.05) is 17.4 Å². The molecule has 0 radical (unpaired) electrons. The topological polar surface area (TPSA) is 107 Å². The van der Waals surface area contributed by atoms with Gasteiger partial charge in [-0.15, -0.1) is 0 Å². The first-order valence-corrected chi connectivity index (χ1v) is 13.3. The Morgan fingerprint density at radius 1 is 1.21 bits per heavy atom. The lowest BCUT2D eigenvalue weighted by molar-refractivity contribution is 0.224. The number of benzene rings is 1. The average Bonchev–Trinajstić information content (AvgIpc) is 3.50. The summed E-state index contributed by atoms with van der Waals surface area (Å²) in [6.45, 7) is 6.92. The lowest BCUT2D eigenvalue weighted by Gasteiger charge is -2.15. The average molecular weight is 508 g/mol. The molecule has 1 fully saturated rings. The maximum Gasteiger partial charge on any atom is 0.256 e. The van der Waals surface area contributed by atoms with Crippen LogP contribution in [0.1, 0.15) is 25.6 Å². The summed E-state index contributed by atoms with van der Waals surface area (Å²) in [5.74, 6) is -0.248. The first kappa shape index (κ1) is 24.3. The molecule has 0 aliphatic carbocycles. The van der Waals surface area contributed by atoms with Crippen molar-refractivity contribution in [2.24, 2.45) is 0 Å². The number of aryl methyl sites for hydroxylation is 1. The number of halogens is 1. The van der Waals surface area contributed by atoms with Crippen molar-refractivity contribution in [1.82, 2.24) is 19.9 Å². The quantitative estimate of drug-likeness (QED) is 0.438. The van der Waals surface area contributed by atoms with Crippen LogP contribution in [-0.2, 0) is 9.84 Å². The lowest BCUT2D eigenvalue weighted by atomic mass is 10.3. The number of nitrogens with one attached hydrogen (secondary N) is 1. The third-order valence-electron chi connectivity index (χ3n) is 5.18. The fourth-order valence-corrected chi connectivity index (χ4v) is 6.01. The van der Waals surface area contributed by atoms with Gasteiger partial charge in [0, 0.05) is 6.54 Å². The first-order chi connectivity index (χ1) is 16.4. The van der Waals surface area contributed by atoms with Crippen LogP contribution in [0.25, 0.3) is 0 Å². The van der Waals surface area contributed by atoms with Crippen LogP contribution in [0.4, 0.5) is 15.3 Å². The van der Waals surface area contributed by atoms with Gasteiger partial charge in [-0.05, 0) is 58.0 Å². The minimum Gasteiger partial charge on any atom is -0.494 e. The van der Waals surface area contributed by atoms with Crippen LogP contribution in [-0.4, -0.2) is 61.1 Å². The van der Waals surface area contributed by atoms with Crippen molar-refractivity contribution < 1.29 is 22.3 Å². The zero-order valence-corrected chi connectivity index (χ0v) is 20.6. The van der Waals surface area contributed by atoms with E-state index in [1.165, 1.54) is 31.2 Å². The number of nitrogens with zero attached hydrogens (tertiary/aromatic N) is 4. The van der Waals surface area contributed by atoms with Crippen LogP contribution in [0, 0.1) is 12.7 Å². The number of likely N-dealkylation sites (tertiary alicyclic amines) is 1. The van der Waals surface area contributed by atoms with E-state index in [4.69, 9.17) is 9.47 Å². The smallest absolute Gasteiger partial charge is 0.256 e. The Morgan fingerprint density at radius 2 is 2.00 bits per heavy atom. The summed E-state index contributed by atoms with van der Waals surface area (Å²) >= 11 is 0.878. The third kappa shape index (κ3) is 5.62. The van der Waals surface area contributed by atoms with Crippen molar-refractivity contribution >= 4 is 32.1 Å². The van der Waals surface area contributed by atoms with E-state index in [0.717, 1.165) is 24.4 Å². The number of sulfone groups is 1. The number of aromatic nitrogens is 3. The molecule has 0 saturated carbocycles. The first-order valence-electron chi connectivity index (χ1n) is 11.0. The molecule has 1 aromatic carbocycles. The normalized spacial score (nSPS) is 14.3. The molecule has 1 saturated heterocycles. The SMILES string of the molecule is CCOc1cccc(S(=O)(=O)c2cnc(Nc3nc(C)nc(OCCN4CCCC4)c3F)s2)c1. The number of ether oxygens (including phenoxy) is 2. The van der Waals surface area contributed by atoms with Gasteiger partial charge in [-0.3, -0.25) is 4.90 Å². The van der Waals surface area contributed by atoms with Crippen molar-refractivity contribution in [2.45, 2.75) is 35.8 Å². The summed E-state index contributed by atoms with van der Waals surface area (Å²) in [5.41, 5.74) is 0. The van der Waals surface area contributed by atoms with Gasteiger partial charge >= 0.3 is 0 Å². The molecule has 4 rings (SSSR count). The highest BCUT2D eigenvalue weighted by atomic mass is 32.2. The molecule has 12 heteroatoms. The highest BCUT2D eigenvalue weighted by Crippen LogP contribution is 2.32. The van der Waals surface area contributed by atoms with Gasteiger partial charge in [0.25, 0.3) is 5.88 Å². The molecule has 0 atom stereocenters. The molecule has 0 amide bonds. The summed E-state index contributed by atoms with van der Waals surface area (Å²) < 4.78 is 52.0. The fraction of sp³-hybridized carbons (Fsp3) is 0.409. The molecule has 0 bridgehead atoms. The number of anilines is 2. The van der Waals surface area contributed by atoms with E-state index in [1.807, 2.05) is 6.92 Å². The van der Waals surface area contributed by atoms with Crippen LogP contribution in [0.15, 0.2) is 39.6 Å².